The molecule has 4 fully saturated rings. The summed E-state index contributed by atoms with van der Waals surface area (Å²) in [7, 11) is 0. The second-order valence-electron chi connectivity index (χ2n) is 9.65. The number of hydrogen-bond acceptors (Lipinski definition) is 3. The standard InChI is InChI=1S/C22H32O3/c1-5-22-13-8-15-16-6-7-19(25-14(2)23)20(16,3)11-9-17(15)21(22,4)12-10-18(22)24/h5,15-17,19H,1,6-13H2,2-4H3/t15-,16-,17-,19-,20-,21+,22-/m0/s1. The molecule has 0 aromatic carbocycles. The molecule has 4 rings (SSSR count). The Bertz CT molecular complexity index is 625. The number of hydrogen-bond donors (Lipinski definition) is 0. The van der Waals surface area contributed by atoms with Gasteiger partial charge < -0.3 is 4.74 Å². The Morgan fingerprint density at radius 3 is 2.56 bits per heavy atom. The maximum Gasteiger partial charge on any atom is 0.302 e. The number of esters is 1. The SMILES string of the molecule is C=C[C@@]12CC[C@H]3[C@@H]4CC[C@H](OC(C)=O)[C@@]4(C)CC[C@@H]3[C@@]1(C)CCC2=O. The molecule has 25 heavy (non-hydrogen) atoms. The summed E-state index contributed by atoms with van der Waals surface area (Å²) in [5.41, 5.74) is -0.0780. The van der Waals surface area contributed by atoms with Crippen LogP contribution in [0, 0.1) is 34.0 Å². The number of ether oxygens (including phenoxy) is 1. The highest BCUT2D eigenvalue weighted by Crippen LogP contribution is 2.70. The first-order valence-corrected chi connectivity index (χ1v) is 10.1. The van der Waals surface area contributed by atoms with E-state index >= 15 is 0 Å². The number of ketones is 1. The molecule has 0 amide bonds. The first-order valence-electron chi connectivity index (χ1n) is 10.1. The van der Waals surface area contributed by atoms with Gasteiger partial charge in [0, 0.05) is 18.8 Å². The van der Waals surface area contributed by atoms with E-state index in [4.69, 9.17) is 4.74 Å². The molecule has 0 radical (unpaired) electrons. The molecule has 4 aliphatic rings. The van der Waals surface area contributed by atoms with E-state index in [9.17, 15) is 9.59 Å². The largest absolute Gasteiger partial charge is 0.462 e. The first kappa shape index (κ1) is 17.3. The van der Waals surface area contributed by atoms with Gasteiger partial charge in [-0.2, -0.15) is 0 Å². The highest BCUT2D eigenvalue weighted by molar-refractivity contribution is 5.90. The maximum atomic E-state index is 12.8. The summed E-state index contributed by atoms with van der Waals surface area (Å²) in [6.45, 7) is 10.4. The number of carbonyl (C=O) groups excluding carboxylic acids is 2. The highest BCUT2D eigenvalue weighted by Gasteiger charge is 2.67. The van der Waals surface area contributed by atoms with Gasteiger partial charge in [0.05, 0.1) is 5.41 Å². The average Bonchev–Trinajstić information content (AvgIpc) is 3.03. The van der Waals surface area contributed by atoms with Crippen molar-refractivity contribution in [1.82, 2.24) is 0 Å². The lowest BCUT2D eigenvalue weighted by molar-refractivity contribution is -0.163. The van der Waals surface area contributed by atoms with E-state index in [1.54, 1.807) is 0 Å². The lowest BCUT2D eigenvalue weighted by atomic mass is 9.44. The Kier molecular flexibility index (Phi) is 3.76. The molecule has 0 aromatic rings. The fourth-order valence-electron chi connectivity index (χ4n) is 7.75. The second kappa shape index (κ2) is 5.44. The van der Waals surface area contributed by atoms with Gasteiger partial charge in [-0.1, -0.05) is 19.9 Å². The third-order valence-electron chi connectivity index (χ3n) is 9.09. The molecular formula is C22H32O3. The molecule has 0 N–H and O–H groups in total. The van der Waals surface area contributed by atoms with Gasteiger partial charge in [0.15, 0.2) is 0 Å². The van der Waals surface area contributed by atoms with Crippen LogP contribution < -0.4 is 0 Å². The van der Waals surface area contributed by atoms with Crippen LogP contribution in [-0.2, 0) is 14.3 Å². The minimum absolute atomic E-state index is 0.0790. The van der Waals surface area contributed by atoms with Crippen molar-refractivity contribution in [2.45, 2.75) is 78.2 Å². The molecule has 0 heterocycles. The van der Waals surface area contributed by atoms with Crippen molar-refractivity contribution in [3.8, 4) is 0 Å². The number of allylic oxidation sites excluding steroid dienone is 1. The number of rotatable bonds is 2. The van der Waals surface area contributed by atoms with Gasteiger partial charge in [0.25, 0.3) is 0 Å². The molecule has 3 nitrogen and oxygen atoms in total. The normalized spacial score (nSPS) is 51.4. The lowest BCUT2D eigenvalue weighted by Crippen LogP contribution is -2.56. The monoisotopic (exact) mass is 344 g/mol. The number of carbonyl (C=O) groups is 2. The van der Waals surface area contributed by atoms with E-state index in [1.807, 2.05) is 6.08 Å². The zero-order valence-electron chi connectivity index (χ0n) is 16.0. The predicted molar refractivity (Wildman–Crippen MR) is 96.8 cm³/mol. The fraction of sp³-hybridized carbons (Fsp3) is 0.818. The van der Waals surface area contributed by atoms with Gasteiger partial charge in [-0.3, -0.25) is 9.59 Å². The van der Waals surface area contributed by atoms with Crippen LogP contribution in [0.25, 0.3) is 0 Å². The van der Waals surface area contributed by atoms with E-state index in [-0.39, 0.29) is 28.3 Å². The minimum Gasteiger partial charge on any atom is -0.462 e. The summed E-state index contributed by atoms with van der Waals surface area (Å²) in [5.74, 6) is 2.20. The molecule has 4 aliphatic carbocycles. The molecule has 3 heteroatoms. The van der Waals surface area contributed by atoms with Crippen LogP contribution in [0.5, 0.6) is 0 Å². The molecule has 0 spiro atoms. The van der Waals surface area contributed by atoms with E-state index in [2.05, 4.69) is 20.4 Å². The van der Waals surface area contributed by atoms with Gasteiger partial charge >= 0.3 is 5.97 Å². The van der Waals surface area contributed by atoms with Crippen LogP contribution in [0.15, 0.2) is 12.7 Å². The van der Waals surface area contributed by atoms with Crippen molar-refractivity contribution in [2.24, 2.45) is 34.0 Å². The van der Waals surface area contributed by atoms with Crippen molar-refractivity contribution < 1.29 is 14.3 Å². The number of Topliss-reactive ketones (excluding diaryl/α,β-unsaturated/α-hetero) is 1. The summed E-state index contributed by atoms with van der Waals surface area (Å²) in [5, 5.41) is 0. The summed E-state index contributed by atoms with van der Waals surface area (Å²) >= 11 is 0. The quantitative estimate of drug-likeness (QED) is 0.539. The minimum atomic E-state index is -0.282. The maximum absolute atomic E-state index is 12.8. The molecule has 0 bridgehead atoms. The molecule has 138 valence electrons. The topological polar surface area (TPSA) is 43.4 Å². The van der Waals surface area contributed by atoms with Gasteiger partial charge in [0.1, 0.15) is 11.9 Å². The van der Waals surface area contributed by atoms with Crippen LogP contribution in [0.3, 0.4) is 0 Å². The Labute approximate surface area is 151 Å². The fourth-order valence-corrected chi connectivity index (χ4v) is 7.75. The van der Waals surface area contributed by atoms with E-state index in [1.165, 1.54) is 13.3 Å². The summed E-state index contributed by atoms with van der Waals surface area (Å²) in [4.78, 5) is 24.3. The molecule has 4 saturated carbocycles. The Morgan fingerprint density at radius 2 is 1.88 bits per heavy atom. The lowest BCUT2D eigenvalue weighted by Gasteiger charge is -2.60. The van der Waals surface area contributed by atoms with Gasteiger partial charge in [-0.05, 0) is 68.1 Å². The van der Waals surface area contributed by atoms with Crippen molar-refractivity contribution in [3.63, 3.8) is 0 Å². The van der Waals surface area contributed by atoms with Crippen LogP contribution in [0.4, 0.5) is 0 Å². The molecular weight excluding hydrogens is 312 g/mol. The molecule has 7 atom stereocenters. The van der Waals surface area contributed by atoms with Crippen LogP contribution in [0.2, 0.25) is 0 Å². The van der Waals surface area contributed by atoms with Crippen molar-refractivity contribution >= 4 is 11.8 Å². The molecule has 0 saturated heterocycles. The molecule has 0 unspecified atom stereocenters. The van der Waals surface area contributed by atoms with Crippen LogP contribution in [0.1, 0.15) is 72.1 Å². The average molecular weight is 344 g/mol. The van der Waals surface area contributed by atoms with Crippen LogP contribution >= 0.6 is 0 Å². The van der Waals surface area contributed by atoms with E-state index in [0.717, 1.165) is 44.9 Å². The van der Waals surface area contributed by atoms with E-state index in [0.29, 0.717) is 23.5 Å². The summed E-state index contributed by atoms with van der Waals surface area (Å²) < 4.78 is 5.72. The van der Waals surface area contributed by atoms with Gasteiger partial charge in [-0.15, -0.1) is 6.58 Å². The van der Waals surface area contributed by atoms with Crippen LogP contribution in [-0.4, -0.2) is 17.9 Å². The van der Waals surface area contributed by atoms with Crippen molar-refractivity contribution in [2.75, 3.05) is 0 Å². The third kappa shape index (κ3) is 2.04. The summed E-state index contributed by atoms with van der Waals surface area (Å²) in [6, 6.07) is 0. The zero-order chi connectivity index (χ0) is 18.0. The Hall–Kier alpha value is -1.12. The highest BCUT2D eigenvalue weighted by atomic mass is 16.5. The molecule has 0 aromatic heterocycles. The van der Waals surface area contributed by atoms with Gasteiger partial charge in [0.2, 0.25) is 0 Å². The first-order chi connectivity index (χ1) is 11.8. The predicted octanol–water partition coefficient (Wildman–Crippen LogP) is 4.70. The number of fused-ring (bicyclic) bond motifs is 5. The van der Waals surface area contributed by atoms with E-state index < -0.39 is 0 Å². The Balaban J connectivity index is 1.66. The smallest absolute Gasteiger partial charge is 0.302 e. The van der Waals surface area contributed by atoms with Crippen molar-refractivity contribution in [3.05, 3.63) is 12.7 Å². The second-order valence-corrected chi connectivity index (χ2v) is 9.65. The Morgan fingerprint density at radius 1 is 1.12 bits per heavy atom. The third-order valence-corrected chi connectivity index (χ3v) is 9.09. The zero-order valence-corrected chi connectivity index (χ0v) is 16.0. The molecule has 0 aliphatic heterocycles. The summed E-state index contributed by atoms with van der Waals surface area (Å²) in [6.07, 6.45) is 10.4. The van der Waals surface area contributed by atoms with Gasteiger partial charge in [-0.25, -0.2) is 0 Å². The van der Waals surface area contributed by atoms with Crippen molar-refractivity contribution in [1.29, 1.82) is 0 Å².